The van der Waals surface area contributed by atoms with Crippen LogP contribution < -0.4 is 16.2 Å². The van der Waals surface area contributed by atoms with E-state index in [-0.39, 0.29) is 17.8 Å². The normalized spacial score (nSPS) is 12.4. The second-order valence-electron chi connectivity index (χ2n) is 9.22. The first-order valence-electron chi connectivity index (χ1n) is 11.5. The van der Waals surface area contributed by atoms with Gasteiger partial charge in [-0.1, -0.05) is 18.2 Å². The van der Waals surface area contributed by atoms with Gasteiger partial charge in [-0.2, -0.15) is 0 Å². The fraction of sp³-hybridized carbons (Fsp3) is 0.346. The highest BCUT2D eigenvalue weighted by Gasteiger charge is 2.26. The van der Waals surface area contributed by atoms with Gasteiger partial charge in [-0.05, 0) is 63.1 Å². The molecule has 3 N–H and O–H groups in total. The van der Waals surface area contributed by atoms with Gasteiger partial charge in [0.05, 0.1) is 18.0 Å². The molecule has 10 nitrogen and oxygen atoms in total. The van der Waals surface area contributed by atoms with E-state index in [4.69, 9.17) is 9.47 Å². The van der Waals surface area contributed by atoms with Crippen LogP contribution in [0.25, 0.3) is 17.0 Å². The smallest absolute Gasteiger partial charge is 0.408 e. The molecule has 3 rings (SSSR count). The minimum Gasteiger partial charge on any atom is -0.467 e. The maximum Gasteiger partial charge on any atom is 0.408 e. The number of nitrogens with zero attached hydrogens (tertiary/aromatic N) is 2. The Kier molecular flexibility index (Phi) is 8.42. The van der Waals surface area contributed by atoms with Gasteiger partial charge in [0.1, 0.15) is 23.3 Å². The number of carbonyl (C=O) groups excluding carboxylic acids is 2. The number of fused-ring (bicyclic) bond motifs is 1. The summed E-state index contributed by atoms with van der Waals surface area (Å²) in [4.78, 5) is 48.5. The zero-order valence-electron chi connectivity index (χ0n) is 21.0. The third-order valence-electron chi connectivity index (χ3n) is 4.98. The number of rotatable bonds is 8. The van der Waals surface area contributed by atoms with Crippen LogP contribution >= 0.6 is 0 Å². The van der Waals surface area contributed by atoms with E-state index in [0.29, 0.717) is 17.4 Å². The molecule has 0 saturated heterocycles. The summed E-state index contributed by atoms with van der Waals surface area (Å²) in [6.07, 6.45) is 4.74. The van der Waals surface area contributed by atoms with Gasteiger partial charge in [-0.3, -0.25) is 4.79 Å². The van der Waals surface area contributed by atoms with Crippen LogP contribution in [0.4, 0.5) is 10.6 Å². The Morgan fingerprint density at radius 1 is 1.19 bits per heavy atom. The molecule has 0 aliphatic carbocycles. The lowest BCUT2D eigenvalue weighted by molar-refractivity contribution is -0.143. The van der Waals surface area contributed by atoms with E-state index in [1.165, 1.54) is 7.11 Å². The summed E-state index contributed by atoms with van der Waals surface area (Å²) in [5.41, 5.74) is 1.33. The van der Waals surface area contributed by atoms with Crippen LogP contribution in [0.3, 0.4) is 0 Å². The van der Waals surface area contributed by atoms with Crippen molar-refractivity contribution in [3.05, 3.63) is 69.9 Å². The number of hydrogen-bond acceptors (Lipinski definition) is 8. The molecule has 0 spiro atoms. The number of pyridine rings is 1. The highest BCUT2D eigenvalue weighted by atomic mass is 16.6. The Bertz CT molecular complexity index is 1330. The molecule has 1 atom stereocenters. The van der Waals surface area contributed by atoms with Crippen LogP contribution in [0.15, 0.2) is 47.4 Å². The number of aryl methyl sites for hydroxylation is 1. The fourth-order valence-electron chi connectivity index (χ4n) is 3.38. The standard InChI is InChI=1S/C26H31N5O5/c1-16-10-12-28-21(13-16)27-11-6-7-17-8-9-19-18(14-17)23(32)31-22(29-19)15-20(24(33)35-5)30-25(34)36-26(2,3)4/h6-10,12-14,20H,11,15H2,1-5H3,(H,27,28)(H,30,34)(H,29,31,32)/b7-6+/t20-/m0/s1. The number of nitrogens with one attached hydrogen (secondary N) is 3. The van der Waals surface area contributed by atoms with E-state index in [1.54, 1.807) is 39.1 Å². The van der Waals surface area contributed by atoms with E-state index in [2.05, 4.69) is 25.6 Å². The van der Waals surface area contributed by atoms with E-state index in [0.717, 1.165) is 16.9 Å². The number of amides is 1. The summed E-state index contributed by atoms with van der Waals surface area (Å²) in [7, 11) is 1.21. The number of methoxy groups -OCH3 is 1. The van der Waals surface area contributed by atoms with Crippen LogP contribution in [-0.4, -0.2) is 52.3 Å². The van der Waals surface area contributed by atoms with Crippen molar-refractivity contribution in [3.8, 4) is 0 Å². The number of aromatic nitrogens is 3. The number of benzene rings is 1. The van der Waals surface area contributed by atoms with Crippen molar-refractivity contribution < 1.29 is 19.1 Å². The van der Waals surface area contributed by atoms with E-state index in [1.807, 2.05) is 37.3 Å². The maximum absolute atomic E-state index is 12.8. The van der Waals surface area contributed by atoms with Crippen molar-refractivity contribution in [2.75, 3.05) is 19.0 Å². The molecule has 1 aromatic carbocycles. The van der Waals surface area contributed by atoms with Gasteiger partial charge >= 0.3 is 12.1 Å². The zero-order valence-corrected chi connectivity index (χ0v) is 21.0. The molecule has 0 unspecified atom stereocenters. The summed E-state index contributed by atoms with van der Waals surface area (Å²) >= 11 is 0. The predicted octanol–water partition coefficient (Wildman–Crippen LogP) is 3.36. The number of H-pyrrole nitrogens is 1. The molecule has 0 aliphatic rings. The van der Waals surface area contributed by atoms with Crippen LogP contribution in [0.2, 0.25) is 0 Å². The first-order valence-corrected chi connectivity index (χ1v) is 11.5. The number of aromatic amines is 1. The Hall–Kier alpha value is -4.21. The summed E-state index contributed by atoms with van der Waals surface area (Å²) in [5.74, 6) is 0.341. The lowest BCUT2D eigenvalue weighted by atomic mass is 10.1. The number of ether oxygens (including phenoxy) is 2. The second-order valence-corrected chi connectivity index (χ2v) is 9.22. The predicted molar refractivity (Wildman–Crippen MR) is 138 cm³/mol. The summed E-state index contributed by atoms with van der Waals surface area (Å²) in [5, 5.41) is 6.10. The Balaban J connectivity index is 1.72. The lowest BCUT2D eigenvalue weighted by Crippen LogP contribution is -2.45. The Morgan fingerprint density at radius 2 is 1.97 bits per heavy atom. The van der Waals surface area contributed by atoms with Gasteiger partial charge in [0.25, 0.3) is 5.56 Å². The molecule has 0 radical (unpaired) electrons. The topological polar surface area (TPSA) is 135 Å². The summed E-state index contributed by atoms with van der Waals surface area (Å²) < 4.78 is 10.00. The molecule has 2 heterocycles. The highest BCUT2D eigenvalue weighted by molar-refractivity contribution is 5.82. The molecule has 10 heteroatoms. The van der Waals surface area contributed by atoms with Gasteiger partial charge in [-0.25, -0.2) is 19.6 Å². The number of alkyl carbamates (subject to hydrolysis) is 1. The second kappa shape index (κ2) is 11.5. The lowest BCUT2D eigenvalue weighted by Gasteiger charge is -2.22. The molecule has 3 aromatic rings. The fourth-order valence-corrected chi connectivity index (χ4v) is 3.38. The van der Waals surface area contributed by atoms with Crippen molar-refractivity contribution in [3.63, 3.8) is 0 Å². The third kappa shape index (κ3) is 7.66. The minimum absolute atomic E-state index is 0.0720. The zero-order chi connectivity index (χ0) is 26.3. The number of carbonyl (C=O) groups is 2. The molecule has 190 valence electrons. The molecule has 0 aliphatic heterocycles. The van der Waals surface area contributed by atoms with Crippen molar-refractivity contribution in [1.82, 2.24) is 20.3 Å². The average Bonchev–Trinajstić information content (AvgIpc) is 2.80. The minimum atomic E-state index is -1.08. The molecular weight excluding hydrogens is 462 g/mol. The van der Waals surface area contributed by atoms with Crippen LogP contribution in [0.1, 0.15) is 37.7 Å². The molecule has 1 amide bonds. The number of anilines is 1. The largest absolute Gasteiger partial charge is 0.467 e. The summed E-state index contributed by atoms with van der Waals surface area (Å²) in [6, 6.07) is 8.13. The van der Waals surface area contributed by atoms with Crippen molar-refractivity contribution in [1.29, 1.82) is 0 Å². The van der Waals surface area contributed by atoms with E-state index >= 15 is 0 Å². The van der Waals surface area contributed by atoms with Crippen LogP contribution in [0, 0.1) is 6.92 Å². The quantitative estimate of drug-likeness (QED) is 0.407. The van der Waals surface area contributed by atoms with Gasteiger partial charge in [0, 0.05) is 19.2 Å². The van der Waals surface area contributed by atoms with E-state index < -0.39 is 23.7 Å². The molecular formula is C26H31N5O5. The molecule has 0 fully saturated rings. The first kappa shape index (κ1) is 26.4. The van der Waals surface area contributed by atoms with Crippen molar-refractivity contribution in [2.24, 2.45) is 0 Å². The number of hydrogen-bond donors (Lipinski definition) is 3. The van der Waals surface area contributed by atoms with Gasteiger partial charge in [-0.15, -0.1) is 0 Å². The highest BCUT2D eigenvalue weighted by Crippen LogP contribution is 2.13. The maximum atomic E-state index is 12.8. The molecule has 0 saturated carbocycles. The third-order valence-corrected chi connectivity index (χ3v) is 4.98. The average molecular weight is 494 g/mol. The van der Waals surface area contributed by atoms with Crippen molar-refractivity contribution in [2.45, 2.75) is 45.8 Å². The molecule has 2 aromatic heterocycles. The van der Waals surface area contributed by atoms with Gasteiger partial charge in [0.2, 0.25) is 0 Å². The Morgan fingerprint density at radius 3 is 2.67 bits per heavy atom. The molecule has 36 heavy (non-hydrogen) atoms. The first-order chi connectivity index (χ1) is 17.0. The van der Waals surface area contributed by atoms with Gasteiger partial charge in [0.15, 0.2) is 0 Å². The van der Waals surface area contributed by atoms with Crippen molar-refractivity contribution >= 4 is 34.9 Å². The van der Waals surface area contributed by atoms with Crippen LogP contribution in [0.5, 0.6) is 0 Å². The molecule has 0 bridgehead atoms. The van der Waals surface area contributed by atoms with Gasteiger partial charge < -0.3 is 25.1 Å². The van der Waals surface area contributed by atoms with Crippen LogP contribution in [-0.2, 0) is 20.7 Å². The SMILES string of the molecule is COC(=O)[C@H](Cc1nc2ccc(/C=C/CNc3cc(C)ccn3)cc2c(=O)[nH]1)NC(=O)OC(C)(C)C. The van der Waals surface area contributed by atoms with E-state index in [9.17, 15) is 14.4 Å². The Labute approximate surface area is 209 Å². The summed E-state index contributed by atoms with van der Waals surface area (Å²) in [6.45, 7) is 7.71. The number of esters is 1. The monoisotopic (exact) mass is 493 g/mol.